The smallest absolute Gasteiger partial charge is 0.240 e. The Morgan fingerprint density at radius 2 is 1.92 bits per heavy atom. The molecule has 7 heteroatoms. The lowest BCUT2D eigenvalue weighted by atomic mass is 10.1. The van der Waals surface area contributed by atoms with Gasteiger partial charge in [0.25, 0.3) is 0 Å². The normalized spacial score (nSPS) is 16.0. The van der Waals surface area contributed by atoms with Crippen LogP contribution in [0.25, 0.3) is 0 Å². The van der Waals surface area contributed by atoms with Gasteiger partial charge in [-0.2, -0.15) is 0 Å². The number of hydrogen-bond acceptors (Lipinski definition) is 4. The number of sulfonamides is 1. The molecular weight excluding hydrogens is 328 g/mol. The van der Waals surface area contributed by atoms with E-state index in [0.717, 1.165) is 18.5 Å². The van der Waals surface area contributed by atoms with Gasteiger partial charge in [-0.15, -0.1) is 0 Å². The second-order valence-electron chi connectivity index (χ2n) is 6.17. The molecule has 0 unspecified atom stereocenters. The summed E-state index contributed by atoms with van der Waals surface area (Å²) in [5, 5.41) is 0. The van der Waals surface area contributed by atoms with Crippen LogP contribution in [-0.2, 0) is 19.6 Å². The quantitative estimate of drug-likeness (QED) is 0.727. The largest absolute Gasteiger partial charge is 0.379 e. The fourth-order valence-electron chi connectivity index (χ4n) is 2.57. The monoisotopic (exact) mass is 354 g/mol. The van der Waals surface area contributed by atoms with E-state index in [1.807, 2.05) is 13.8 Å². The average Bonchev–Trinajstić information content (AvgIpc) is 2.55. The topological polar surface area (TPSA) is 75.7 Å². The maximum absolute atomic E-state index is 12.2. The van der Waals surface area contributed by atoms with Crippen LogP contribution in [0.5, 0.6) is 0 Å². The van der Waals surface area contributed by atoms with Gasteiger partial charge in [-0.3, -0.25) is 4.79 Å². The zero-order valence-electron chi connectivity index (χ0n) is 14.3. The lowest BCUT2D eigenvalue weighted by Gasteiger charge is -2.26. The molecule has 1 aromatic carbocycles. The SMILES string of the molecule is CC(C)OCCCNS(=O)(=O)c1ccc(N2CCCCC2=O)cc1. The van der Waals surface area contributed by atoms with Gasteiger partial charge in [-0.25, -0.2) is 13.1 Å². The highest BCUT2D eigenvalue weighted by molar-refractivity contribution is 7.89. The number of nitrogens with zero attached hydrogens (tertiary/aromatic N) is 1. The molecule has 1 amide bonds. The molecule has 1 aliphatic rings. The number of nitrogens with one attached hydrogen (secondary N) is 1. The summed E-state index contributed by atoms with van der Waals surface area (Å²) >= 11 is 0. The summed E-state index contributed by atoms with van der Waals surface area (Å²) in [4.78, 5) is 13.8. The highest BCUT2D eigenvalue weighted by Crippen LogP contribution is 2.22. The predicted octanol–water partition coefficient (Wildman–Crippen LogP) is 2.30. The van der Waals surface area contributed by atoms with Crippen molar-refractivity contribution in [3.63, 3.8) is 0 Å². The number of carbonyl (C=O) groups is 1. The minimum Gasteiger partial charge on any atom is -0.379 e. The summed E-state index contributed by atoms with van der Waals surface area (Å²) in [5.41, 5.74) is 0.754. The third kappa shape index (κ3) is 5.29. The second kappa shape index (κ2) is 8.60. The second-order valence-corrected chi connectivity index (χ2v) is 7.93. The highest BCUT2D eigenvalue weighted by atomic mass is 32.2. The molecule has 0 aromatic heterocycles. The van der Waals surface area contributed by atoms with Gasteiger partial charge in [0, 0.05) is 31.8 Å². The van der Waals surface area contributed by atoms with Gasteiger partial charge in [0.05, 0.1) is 11.0 Å². The number of rotatable bonds is 8. The molecule has 0 spiro atoms. The van der Waals surface area contributed by atoms with Crippen LogP contribution >= 0.6 is 0 Å². The van der Waals surface area contributed by atoms with E-state index in [0.29, 0.717) is 32.5 Å². The minimum absolute atomic E-state index is 0.0973. The summed E-state index contributed by atoms with van der Waals surface area (Å²) in [6.07, 6.45) is 3.22. The van der Waals surface area contributed by atoms with Gasteiger partial charge in [-0.1, -0.05) is 0 Å². The summed E-state index contributed by atoms with van der Waals surface area (Å²) in [7, 11) is -3.53. The first-order valence-corrected chi connectivity index (χ1v) is 9.90. The van der Waals surface area contributed by atoms with Crippen LogP contribution in [0.3, 0.4) is 0 Å². The van der Waals surface area contributed by atoms with E-state index in [4.69, 9.17) is 4.74 Å². The van der Waals surface area contributed by atoms with Crippen molar-refractivity contribution in [2.24, 2.45) is 0 Å². The summed E-state index contributed by atoms with van der Waals surface area (Å²) in [6.45, 7) is 5.44. The number of piperidine rings is 1. The number of ether oxygens (including phenoxy) is 1. The highest BCUT2D eigenvalue weighted by Gasteiger charge is 2.20. The van der Waals surface area contributed by atoms with Crippen LogP contribution in [-0.4, -0.2) is 40.1 Å². The molecule has 134 valence electrons. The van der Waals surface area contributed by atoms with Crippen molar-refractivity contribution in [1.29, 1.82) is 0 Å². The van der Waals surface area contributed by atoms with Crippen molar-refractivity contribution in [2.75, 3.05) is 24.6 Å². The van der Waals surface area contributed by atoms with Crippen molar-refractivity contribution < 1.29 is 17.9 Å². The summed E-state index contributed by atoms with van der Waals surface area (Å²) in [5.74, 6) is 0.0973. The first-order chi connectivity index (χ1) is 11.4. The van der Waals surface area contributed by atoms with Crippen LogP contribution in [0.2, 0.25) is 0 Å². The first kappa shape index (κ1) is 18.9. The molecule has 24 heavy (non-hydrogen) atoms. The maximum atomic E-state index is 12.2. The summed E-state index contributed by atoms with van der Waals surface area (Å²) < 4.78 is 32.4. The summed E-state index contributed by atoms with van der Waals surface area (Å²) in [6, 6.07) is 6.48. The number of carbonyl (C=O) groups excluding carboxylic acids is 1. The van der Waals surface area contributed by atoms with E-state index in [-0.39, 0.29) is 16.9 Å². The third-order valence-electron chi connectivity index (χ3n) is 3.85. The molecule has 0 bridgehead atoms. The van der Waals surface area contributed by atoms with Crippen molar-refractivity contribution in [1.82, 2.24) is 4.72 Å². The zero-order valence-corrected chi connectivity index (χ0v) is 15.1. The van der Waals surface area contributed by atoms with Gasteiger partial charge in [-0.05, 0) is 57.4 Å². The average molecular weight is 354 g/mol. The molecule has 6 nitrogen and oxygen atoms in total. The molecule has 0 aliphatic carbocycles. The Kier molecular flexibility index (Phi) is 6.77. The number of amides is 1. The Balaban J connectivity index is 1.92. The lowest BCUT2D eigenvalue weighted by Crippen LogP contribution is -2.35. The number of benzene rings is 1. The molecule has 0 radical (unpaired) electrons. The molecule has 1 fully saturated rings. The van der Waals surface area contributed by atoms with Crippen molar-refractivity contribution in [3.8, 4) is 0 Å². The number of hydrogen-bond donors (Lipinski definition) is 1. The van der Waals surface area contributed by atoms with Gasteiger partial charge >= 0.3 is 0 Å². The predicted molar refractivity (Wildman–Crippen MR) is 93.5 cm³/mol. The molecule has 1 heterocycles. The number of anilines is 1. The van der Waals surface area contributed by atoms with Crippen molar-refractivity contribution in [3.05, 3.63) is 24.3 Å². The van der Waals surface area contributed by atoms with E-state index < -0.39 is 10.0 Å². The lowest BCUT2D eigenvalue weighted by molar-refractivity contribution is -0.119. The van der Waals surface area contributed by atoms with Gasteiger partial charge in [0.15, 0.2) is 0 Å². The van der Waals surface area contributed by atoms with Crippen LogP contribution in [0.1, 0.15) is 39.5 Å². The van der Waals surface area contributed by atoms with Crippen LogP contribution < -0.4 is 9.62 Å². The Morgan fingerprint density at radius 1 is 1.21 bits per heavy atom. The van der Waals surface area contributed by atoms with Crippen LogP contribution in [0.4, 0.5) is 5.69 Å². The van der Waals surface area contributed by atoms with Crippen molar-refractivity contribution >= 4 is 21.6 Å². The fraction of sp³-hybridized carbons (Fsp3) is 0.588. The van der Waals surface area contributed by atoms with Gasteiger partial charge in [0.1, 0.15) is 0 Å². The zero-order chi connectivity index (χ0) is 17.6. The molecule has 1 saturated heterocycles. The molecule has 1 N–H and O–H groups in total. The standard InChI is InChI=1S/C17H26N2O4S/c1-14(2)23-13-5-11-18-24(21,22)16-9-7-15(8-10-16)19-12-4-3-6-17(19)20/h7-10,14,18H,3-6,11-13H2,1-2H3. The minimum atomic E-state index is -3.53. The third-order valence-corrected chi connectivity index (χ3v) is 5.32. The Morgan fingerprint density at radius 3 is 2.54 bits per heavy atom. The van der Waals surface area contributed by atoms with E-state index in [9.17, 15) is 13.2 Å². The van der Waals surface area contributed by atoms with Gasteiger partial charge in [0.2, 0.25) is 15.9 Å². The Labute approximate surface area is 144 Å². The Hall–Kier alpha value is -1.44. The van der Waals surface area contributed by atoms with E-state index in [2.05, 4.69) is 4.72 Å². The first-order valence-electron chi connectivity index (χ1n) is 8.42. The maximum Gasteiger partial charge on any atom is 0.240 e. The van der Waals surface area contributed by atoms with Gasteiger partial charge < -0.3 is 9.64 Å². The van der Waals surface area contributed by atoms with E-state index in [1.54, 1.807) is 29.2 Å². The fourth-order valence-corrected chi connectivity index (χ4v) is 3.64. The molecule has 0 saturated carbocycles. The molecule has 1 aliphatic heterocycles. The van der Waals surface area contributed by atoms with E-state index in [1.165, 1.54) is 0 Å². The molecule has 2 rings (SSSR count). The molecule has 1 aromatic rings. The Bertz CT molecular complexity index is 641. The van der Waals surface area contributed by atoms with Crippen molar-refractivity contribution in [2.45, 2.75) is 50.5 Å². The van der Waals surface area contributed by atoms with E-state index >= 15 is 0 Å². The molecule has 0 atom stereocenters. The van der Waals surface area contributed by atoms with Crippen LogP contribution in [0, 0.1) is 0 Å². The molecular formula is C17H26N2O4S. The van der Waals surface area contributed by atoms with Crippen LogP contribution in [0.15, 0.2) is 29.2 Å².